The van der Waals surface area contributed by atoms with Crippen molar-refractivity contribution in [3.05, 3.63) is 71.8 Å². The van der Waals surface area contributed by atoms with E-state index < -0.39 is 5.60 Å². The lowest BCUT2D eigenvalue weighted by Crippen LogP contribution is -2.46. The van der Waals surface area contributed by atoms with Crippen LogP contribution in [0, 0.1) is 5.92 Å². The summed E-state index contributed by atoms with van der Waals surface area (Å²) in [6, 6.07) is 20.7. The molecule has 1 aliphatic heterocycles. The topological polar surface area (TPSA) is 32.8 Å². The molecule has 3 heteroatoms. The molecule has 0 radical (unpaired) electrons. The molecule has 1 fully saturated rings. The Kier molecular flexibility index (Phi) is 5.90. The maximum Gasteiger partial charge on any atom is 0.183 e. The summed E-state index contributed by atoms with van der Waals surface area (Å²) in [6.45, 7) is 8.35. The van der Waals surface area contributed by atoms with Crippen LogP contribution in [0.25, 0.3) is 0 Å². The SMILES string of the molecule is CC(C)C[C@@H](C(=O)[C@@]1(C)CO1)N(Cc1ccccc1)Cc1ccccc1. The Hall–Kier alpha value is -1.97. The molecule has 3 nitrogen and oxygen atoms in total. The molecule has 0 bridgehead atoms. The molecule has 2 aromatic rings. The Morgan fingerprint density at radius 1 is 1.00 bits per heavy atom. The van der Waals surface area contributed by atoms with Crippen molar-refractivity contribution in [2.45, 2.75) is 51.9 Å². The summed E-state index contributed by atoms with van der Waals surface area (Å²) in [7, 11) is 0. The third kappa shape index (κ3) is 4.80. The van der Waals surface area contributed by atoms with Gasteiger partial charge < -0.3 is 4.74 Å². The lowest BCUT2D eigenvalue weighted by atomic mass is 9.91. The molecule has 1 heterocycles. The predicted molar refractivity (Wildman–Crippen MR) is 105 cm³/mol. The maximum atomic E-state index is 13.2. The van der Waals surface area contributed by atoms with Gasteiger partial charge in [-0.1, -0.05) is 74.5 Å². The van der Waals surface area contributed by atoms with Crippen LogP contribution in [0.3, 0.4) is 0 Å². The summed E-state index contributed by atoms with van der Waals surface area (Å²) in [6.07, 6.45) is 0.845. The molecule has 1 saturated heterocycles. The number of carbonyl (C=O) groups is 1. The van der Waals surface area contributed by atoms with Gasteiger partial charge in [-0.25, -0.2) is 0 Å². The zero-order valence-corrected chi connectivity index (χ0v) is 16.0. The molecular weight excluding hydrogens is 322 g/mol. The first kappa shape index (κ1) is 18.8. The zero-order valence-electron chi connectivity index (χ0n) is 16.0. The van der Waals surface area contributed by atoms with Crippen LogP contribution in [-0.2, 0) is 22.6 Å². The number of epoxide rings is 1. The van der Waals surface area contributed by atoms with Crippen molar-refractivity contribution in [1.82, 2.24) is 4.90 Å². The van der Waals surface area contributed by atoms with E-state index >= 15 is 0 Å². The van der Waals surface area contributed by atoms with E-state index in [1.54, 1.807) is 0 Å². The van der Waals surface area contributed by atoms with Gasteiger partial charge in [0.15, 0.2) is 5.78 Å². The van der Waals surface area contributed by atoms with Crippen LogP contribution >= 0.6 is 0 Å². The number of ketones is 1. The number of hydrogen-bond acceptors (Lipinski definition) is 3. The standard InChI is InChI=1S/C23H29NO2/c1-18(2)14-21(22(25)23(3)17-26-23)24(15-19-10-6-4-7-11-19)16-20-12-8-5-9-13-20/h4-13,18,21H,14-17H2,1-3H3/t21-,23+/m0/s1. The van der Waals surface area contributed by atoms with Crippen LogP contribution in [0.1, 0.15) is 38.3 Å². The average molecular weight is 351 g/mol. The molecule has 138 valence electrons. The van der Waals surface area contributed by atoms with Gasteiger partial charge in [0.1, 0.15) is 5.60 Å². The normalized spacial score (nSPS) is 20.3. The van der Waals surface area contributed by atoms with Gasteiger partial charge in [-0.05, 0) is 30.4 Å². The molecule has 0 aromatic heterocycles. The van der Waals surface area contributed by atoms with Crippen molar-refractivity contribution < 1.29 is 9.53 Å². The van der Waals surface area contributed by atoms with E-state index in [0.717, 1.165) is 19.5 Å². The second kappa shape index (κ2) is 8.15. The van der Waals surface area contributed by atoms with Crippen LogP contribution in [0.15, 0.2) is 60.7 Å². The molecular formula is C23H29NO2. The highest BCUT2D eigenvalue weighted by Crippen LogP contribution is 2.32. The number of benzene rings is 2. The number of Topliss-reactive ketones (excluding diaryl/α,β-unsaturated/α-hetero) is 1. The maximum absolute atomic E-state index is 13.2. The van der Waals surface area contributed by atoms with Gasteiger partial charge in [0.2, 0.25) is 0 Å². The summed E-state index contributed by atoms with van der Waals surface area (Å²) in [4.78, 5) is 15.5. The monoisotopic (exact) mass is 351 g/mol. The fourth-order valence-electron chi connectivity index (χ4n) is 3.38. The van der Waals surface area contributed by atoms with E-state index in [2.05, 4.69) is 67.3 Å². The second-order valence-corrected chi connectivity index (χ2v) is 7.91. The predicted octanol–water partition coefficient (Wildman–Crippen LogP) is 4.46. The van der Waals surface area contributed by atoms with Crippen molar-refractivity contribution in [2.24, 2.45) is 5.92 Å². The fourth-order valence-corrected chi connectivity index (χ4v) is 3.38. The van der Waals surface area contributed by atoms with Gasteiger partial charge in [0.05, 0.1) is 12.6 Å². The minimum atomic E-state index is -0.592. The molecule has 0 N–H and O–H groups in total. The minimum absolute atomic E-state index is 0.136. The number of rotatable bonds is 9. The minimum Gasteiger partial charge on any atom is -0.362 e. The molecule has 0 aliphatic carbocycles. The molecule has 0 spiro atoms. The highest BCUT2D eigenvalue weighted by molar-refractivity contribution is 5.93. The van der Waals surface area contributed by atoms with Gasteiger partial charge in [-0.3, -0.25) is 9.69 Å². The Morgan fingerprint density at radius 2 is 1.46 bits per heavy atom. The first-order valence-corrected chi connectivity index (χ1v) is 9.48. The Bertz CT molecular complexity index is 666. The Labute approximate surface area is 157 Å². The Morgan fingerprint density at radius 3 is 1.85 bits per heavy atom. The highest BCUT2D eigenvalue weighted by Gasteiger charge is 2.50. The first-order chi connectivity index (χ1) is 12.5. The molecule has 0 amide bonds. The van der Waals surface area contributed by atoms with Gasteiger partial charge in [-0.15, -0.1) is 0 Å². The smallest absolute Gasteiger partial charge is 0.183 e. The van der Waals surface area contributed by atoms with Gasteiger partial charge in [0, 0.05) is 13.1 Å². The zero-order chi connectivity index (χ0) is 18.6. The second-order valence-electron chi connectivity index (χ2n) is 7.91. The largest absolute Gasteiger partial charge is 0.362 e. The summed E-state index contributed by atoms with van der Waals surface area (Å²) >= 11 is 0. The lowest BCUT2D eigenvalue weighted by molar-refractivity contribution is -0.130. The summed E-state index contributed by atoms with van der Waals surface area (Å²) < 4.78 is 5.49. The van der Waals surface area contributed by atoms with Crippen molar-refractivity contribution >= 4 is 5.78 Å². The van der Waals surface area contributed by atoms with Crippen LogP contribution in [-0.4, -0.2) is 28.9 Å². The summed E-state index contributed by atoms with van der Waals surface area (Å²) in [5.41, 5.74) is 1.87. The third-order valence-corrected chi connectivity index (χ3v) is 4.99. The summed E-state index contributed by atoms with van der Waals surface area (Å²) in [5.74, 6) is 0.665. The van der Waals surface area contributed by atoms with Crippen LogP contribution in [0.5, 0.6) is 0 Å². The van der Waals surface area contributed by atoms with Crippen molar-refractivity contribution in [2.75, 3.05) is 6.61 Å². The quantitative estimate of drug-likeness (QED) is 0.625. The number of carbonyl (C=O) groups excluding carboxylic acids is 1. The highest BCUT2D eigenvalue weighted by atomic mass is 16.6. The van der Waals surface area contributed by atoms with E-state index in [1.807, 2.05) is 19.1 Å². The molecule has 26 heavy (non-hydrogen) atoms. The van der Waals surface area contributed by atoms with E-state index in [-0.39, 0.29) is 11.8 Å². The molecule has 1 aliphatic rings. The fraction of sp³-hybridized carbons (Fsp3) is 0.435. The van der Waals surface area contributed by atoms with E-state index in [9.17, 15) is 4.79 Å². The molecule has 3 rings (SSSR count). The third-order valence-electron chi connectivity index (χ3n) is 4.99. The Balaban J connectivity index is 1.88. The van der Waals surface area contributed by atoms with Gasteiger partial charge >= 0.3 is 0 Å². The average Bonchev–Trinajstić information content (AvgIpc) is 3.39. The van der Waals surface area contributed by atoms with Gasteiger partial charge in [0.25, 0.3) is 0 Å². The van der Waals surface area contributed by atoms with E-state index in [1.165, 1.54) is 11.1 Å². The van der Waals surface area contributed by atoms with Gasteiger partial charge in [-0.2, -0.15) is 0 Å². The van der Waals surface area contributed by atoms with Crippen molar-refractivity contribution in [3.8, 4) is 0 Å². The van der Waals surface area contributed by atoms with Crippen LogP contribution in [0.2, 0.25) is 0 Å². The van der Waals surface area contributed by atoms with Crippen molar-refractivity contribution in [3.63, 3.8) is 0 Å². The lowest BCUT2D eigenvalue weighted by Gasteiger charge is -2.33. The number of nitrogens with zero attached hydrogens (tertiary/aromatic N) is 1. The number of hydrogen-bond donors (Lipinski definition) is 0. The van der Waals surface area contributed by atoms with E-state index in [0.29, 0.717) is 12.5 Å². The summed E-state index contributed by atoms with van der Waals surface area (Å²) in [5, 5.41) is 0. The van der Waals surface area contributed by atoms with Crippen molar-refractivity contribution in [1.29, 1.82) is 0 Å². The van der Waals surface area contributed by atoms with Crippen LogP contribution < -0.4 is 0 Å². The molecule has 2 aromatic carbocycles. The molecule has 2 atom stereocenters. The number of ether oxygens (including phenoxy) is 1. The molecule has 0 saturated carbocycles. The van der Waals surface area contributed by atoms with Crippen LogP contribution in [0.4, 0.5) is 0 Å². The van der Waals surface area contributed by atoms with E-state index in [4.69, 9.17) is 4.74 Å². The first-order valence-electron chi connectivity index (χ1n) is 9.48. The molecule has 0 unspecified atom stereocenters.